The lowest BCUT2D eigenvalue weighted by atomic mass is 10.2. The van der Waals surface area contributed by atoms with Gasteiger partial charge >= 0.3 is 6.01 Å². The Bertz CT molecular complexity index is 748. The van der Waals surface area contributed by atoms with Gasteiger partial charge in [0.2, 0.25) is 11.2 Å². The van der Waals surface area contributed by atoms with Crippen LogP contribution in [0, 0.1) is 0 Å². The topological polar surface area (TPSA) is 65.7 Å². The van der Waals surface area contributed by atoms with Crippen LogP contribution in [-0.4, -0.2) is 24.5 Å². The van der Waals surface area contributed by atoms with Crippen LogP contribution in [0.15, 0.2) is 43.0 Å². The van der Waals surface area contributed by atoms with Crippen molar-refractivity contribution in [3.05, 3.63) is 58.9 Å². The van der Waals surface area contributed by atoms with E-state index in [4.69, 9.17) is 27.9 Å². The first-order valence-corrected chi connectivity index (χ1v) is 6.73. The van der Waals surface area contributed by atoms with Gasteiger partial charge in [0.15, 0.2) is 0 Å². The van der Waals surface area contributed by atoms with Gasteiger partial charge < -0.3 is 4.74 Å². The van der Waals surface area contributed by atoms with Crippen LogP contribution in [0.3, 0.4) is 0 Å². The average Bonchev–Trinajstić information content (AvgIpc) is 2.99. The van der Waals surface area contributed by atoms with Gasteiger partial charge in [-0.3, -0.25) is 4.57 Å². The number of rotatable bonds is 4. The van der Waals surface area contributed by atoms with Crippen molar-refractivity contribution < 1.29 is 4.74 Å². The van der Waals surface area contributed by atoms with E-state index < -0.39 is 0 Å². The molecular weight excluding hydrogens is 313 g/mol. The molecule has 0 fully saturated rings. The molecule has 3 rings (SSSR count). The first-order chi connectivity index (χ1) is 10.2. The summed E-state index contributed by atoms with van der Waals surface area (Å²) >= 11 is 11.8. The molecule has 0 unspecified atom stereocenters. The predicted octanol–water partition coefficient (Wildman–Crippen LogP) is 2.94. The molecule has 2 aromatic heterocycles. The second-order valence-electron chi connectivity index (χ2n) is 4.08. The van der Waals surface area contributed by atoms with Crippen LogP contribution < -0.4 is 4.74 Å². The molecule has 6 nitrogen and oxygen atoms in total. The van der Waals surface area contributed by atoms with E-state index in [-0.39, 0.29) is 17.9 Å². The van der Waals surface area contributed by atoms with Crippen LogP contribution >= 0.6 is 23.2 Å². The van der Waals surface area contributed by atoms with Crippen LogP contribution in [-0.2, 0) is 6.61 Å². The Kier molecular flexibility index (Phi) is 3.98. The van der Waals surface area contributed by atoms with E-state index in [1.807, 2.05) is 12.1 Å². The fourth-order valence-corrected chi connectivity index (χ4v) is 2.01. The highest BCUT2D eigenvalue weighted by Crippen LogP contribution is 2.15. The Morgan fingerprint density at radius 3 is 2.81 bits per heavy atom. The molecule has 0 N–H and O–H groups in total. The summed E-state index contributed by atoms with van der Waals surface area (Å²) in [6.07, 6.45) is 4.88. The van der Waals surface area contributed by atoms with Crippen LogP contribution in [0.1, 0.15) is 5.56 Å². The van der Waals surface area contributed by atoms with Gasteiger partial charge in [-0.15, -0.1) is 0 Å². The van der Waals surface area contributed by atoms with Crippen molar-refractivity contribution in [1.82, 2.24) is 24.5 Å². The van der Waals surface area contributed by atoms with E-state index >= 15 is 0 Å². The maximum absolute atomic E-state index is 5.92. The zero-order valence-corrected chi connectivity index (χ0v) is 12.2. The summed E-state index contributed by atoms with van der Waals surface area (Å²) in [4.78, 5) is 16.0. The molecule has 8 heteroatoms. The molecule has 1 aromatic carbocycles. The monoisotopic (exact) mass is 321 g/mol. The molecule has 0 radical (unpaired) electrons. The van der Waals surface area contributed by atoms with Crippen LogP contribution in [0.25, 0.3) is 5.95 Å². The summed E-state index contributed by atoms with van der Waals surface area (Å²) < 4.78 is 7.14. The molecule has 0 atom stereocenters. The number of aromatic nitrogens is 5. The van der Waals surface area contributed by atoms with Crippen molar-refractivity contribution >= 4 is 23.2 Å². The molecule has 0 saturated carbocycles. The fourth-order valence-electron chi connectivity index (χ4n) is 1.65. The standard InChI is InChI=1S/C13H9Cl2N5O/c14-10-3-1-2-9(6-10)7-21-13-18-11(15)17-12(19-13)20-5-4-16-8-20/h1-6,8H,7H2. The maximum atomic E-state index is 5.92. The predicted molar refractivity (Wildman–Crippen MR) is 77.7 cm³/mol. The van der Waals surface area contributed by atoms with E-state index in [1.54, 1.807) is 35.4 Å². The summed E-state index contributed by atoms with van der Waals surface area (Å²) in [6, 6.07) is 7.48. The van der Waals surface area contributed by atoms with Crippen molar-refractivity contribution in [3.8, 4) is 12.0 Å². The summed E-state index contributed by atoms with van der Waals surface area (Å²) in [6.45, 7) is 0.282. The number of imidazole rings is 1. The summed E-state index contributed by atoms with van der Waals surface area (Å²) in [5, 5.41) is 0.693. The smallest absolute Gasteiger partial charge is 0.322 e. The van der Waals surface area contributed by atoms with E-state index in [0.717, 1.165) is 5.56 Å². The van der Waals surface area contributed by atoms with E-state index in [0.29, 0.717) is 11.0 Å². The van der Waals surface area contributed by atoms with Crippen molar-refractivity contribution in [2.45, 2.75) is 6.61 Å². The lowest BCUT2D eigenvalue weighted by Crippen LogP contribution is -2.05. The first-order valence-electron chi connectivity index (χ1n) is 5.98. The van der Waals surface area contributed by atoms with Gasteiger partial charge in [0.05, 0.1) is 0 Å². The highest BCUT2D eigenvalue weighted by Gasteiger charge is 2.08. The normalized spacial score (nSPS) is 10.6. The maximum Gasteiger partial charge on any atom is 0.322 e. The molecule has 0 saturated heterocycles. The third-order valence-electron chi connectivity index (χ3n) is 2.57. The SMILES string of the molecule is Clc1cccc(COc2nc(Cl)nc(-n3ccnc3)n2)c1. The molecule has 3 aromatic rings. The van der Waals surface area contributed by atoms with Gasteiger partial charge in [0.25, 0.3) is 0 Å². The zero-order valence-electron chi connectivity index (χ0n) is 10.6. The number of benzene rings is 1. The van der Waals surface area contributed by atoms with Gasteiger partial charge in [-0.25, -0.2) is 4.98 Å². The Labute approximate surface area is 130 Å². The van der Waals surface area contributed by atoms with Crippen molar-refractivity contribution in [1.29, 1.82) is 0 Å². The third-order valence-corrected chi connectivity index (χ3v) is 2.97. The second-order valence-corrected chi connectivity index (χ2v) is 4.85. The molecule has 106 valence electrons. The first kappa shape index (κ1) is 13.8. The quantitative estimate of drug-likeness (QED) is 0.739. The van der Waals surface area contributed by atoms with E-state index in [2.05, 4.69) is 19.9 Å². The molecule has 0 aliphatic heterocycles. The Hall–Kier alpha value is -2.18. The minimum absolute atomic E-state index is 0.0507. The number of ether oxygens (including phenoxy) is 1. The van der Waals surface area contributed by atoms with E-state index in [9.17, 15) is 0 Å². The summed E-state index contributed by atoms with van der Waals surface area (Å²) in [5.41, 5.74) is 0.906. The number of halogens is 2. The average molecular weight is 322 g/mol. The van der Waals surface area contributed by atoms with Crippen molar-refractivity contribution in [2.75, 3.05) is 0 Å². The molecule has 2 heterocycles. The number of nitrogens with zero attached hydrogens (tertiary/aromatic N) is 5. The molecule has 0 aliphatic carbocycles. The second kappa shape index (κ2) is 6.07. The molecule has 0 amide bonds. The lowest BCUT2D eigenvalue weighted by Gasteiger charge is -2.06. The molecule has 0 spiro atoms. The van der Waals surface area contributed by atoms with Gasteiger partial charge in [-0.1, -0.05) is 23.7 Å². The summed E-state index contributed by atoms with van der Waals surface area (Å²) in [5.74, 6) is 0.341. The van der Waals surface area contributed by atoms with Crippen LogP contribution in [0.4, 0.5) is 0 Å². The van der Waals surface area contributed by atoms with Crippen LogP contribution in [0.2, 0.25) is 10.3 Å². The fraction of sp³-hybridized carbons (Fsp3) is 0.0769. The number of hydrogen-bond donors (Lipinski definition) is 0. The minimum atomic E-state index is 0.0507. The summed E-state index contributed by atoms with van der Waals surface area (Å²) in [7, 11) is 0. The Morgan fingerprint density at radius 2 is 2.05 bits per heavy atom. The molecule has 0 bridgehead atoms. The zero-order chi connectivity index (χ0) is 14.7. The van der Waals surface area contributed by atoms with Crippen LogP contribution in [0.5, 0.6) is 6.01 Å². The highest BCUT2D eigenvalue weighted by molar-refractivity contribution is 6.30. The third kappa shape index (κ3) is 3.48. The van der Waals surface area contributed by atoms with Gasteiger partial charge in [0, 0.05) is 17.4 Å². The highest BCUT2D eigenvalue weighted by atomic mass is 35.5. The largest absolute Gasteiger partial charge is 0.458 e. The number of hydrogen-bond acceptors (Lipinski definition) is 5. The van der Waals surface area contributed by atoms with Gasteiger partial charge in [0.1, 0.15) is 12.9 Å². The Balaban J connectivity index is 1.79. The van der Waals surface area contributed by atoms with Crippen molar-refractivity contribution in [3.63, 3.8) is 0 Å². The van der Waals surface area contributed by atoms with Gasteiger partial charge in [-0.05, 0) is 29.3 Å². The van der Waals surface area contributed by atoms with Gasteiger partial charge in [-0.2, -0.15) is 15.0 Å². The molecule has 21 heavy (non-hydrogen) atoms. The minimum Gasteiger partial charge on any atom is -0.458 e. The lowest BCUT2D eigenvalue weighted by molar-refractivity contribution is 0.279. The Morgan fingerprint density at radius 1 is 1.14 bits per heavy atom. The molecular formula is C13H9Cl2N5O. The molecule has 0 aliphatic rings. The van der Waals surface area contributed by atoms with Crippen molar-refractivity contribution in [2.24, 2.45) is 0 Å². The van der Waals surface area contributed by atoms with E-state index in [1.165, 1.54) is 0 Å².